The summed E-state index contributed by atoms with van der Waals surface area (Å²) in [5.41, 5.74) is 3.30. The Morgan fingerprint density at radius 2 is 2.04 bits per heavy atom. The number of fused-ring (bicyclic) bond motifs is 1. The van der Waals surface area contributed by atoms with Crippen LogP contribution in [0.2, 0.25) is 0 Å². The van der Waals surface area contributed by atoms with E-state index in [2.05, 4.69) is 18.1 Å². The van der Waals surface area contributed by atoms with E-state index in [4.69, 9.17) is 9.72 Å². The van der Waals surface area contributed by atoms with Crippen LogP contribution < -0.4 is 0 Å². The van der Waals surface area contributed by atoms with Crippen LogP contribution in [0.1, 0.15) is 67.8 Å². The second-order valence-electron chi connectivity index (χ2n) is 6.32. The molecule has 1 saturated carbocycles. The van der Waals surface area contributed by atoms with Crippen molar-refractivity contribution in [3.05, 3.63) is 29.2 Å². The number of aromatic nitrogens is 3. The monoisotopic (exact) mass is 315 g/mol. The van der Waals surface area contributed by atoms with Gasteiger partial charge in [0.1, 0.15) is 0 Å². The predicted molar refractivity (Wildman–Crippen MR) is 88.6 cm³/mol. The Morgan fingerprint density at radius 3 is 2.74 bits per heavy atom. The molecule has 5 heteroatoms. The van der Waals surface area contributed by atoms with E-state index in [9.17, 15) is 4.79 Å². The van der Waals surface area contributed by atoms with Gasteiger partial charge in [-0.1, -0.05) is 39.0 Å². The van der Waals surface area contributed by atoms with Crippen molar-refractivity contribution >= 4 is 11.6 Å². The van der Waals surface area contributed by atoms with Gasteiger partial charge in [-0.15, -0.1) is 0 Å². The van der Waals surface area contributed by atoms with E-state index in [1.165, 1.54) is 32.1 Å². The van der Waals surface area contributed by atoms with Crippen LogP contribution in [0.5, 0.6) is 0 Å². The average molecular weight is 315 g/mol. The summed E-state index contributed by atoms with van der Waals surface area (Å²) in [6, 6.07) is 3.88. The van der Waals surface area contributed by atoms with Crippen molar-refractivity contribution in [2.24, 2.45) is 5.92 Å². The van der Waals surface area contributed by atoms with E-state index < -0.39 is 0 Å². The van der Waals surface area contributed by atoms with E-state index in [0.29, 0.717) is 12.3 Å². The van der Waals surface area contributed by atoms with Crippen LogP contribution in [0.25, 0.3) is 5.65 Å². The molecule has 0 aromatic carbocycles. The van der Waals surface area contributed by atoms with E-state index in [-0.39, 0.29) is 5.97 Å². The fourth-order valence-electron chi connectivity index (χ4n) is 3.44. The molecule has 1 aliphatic carbocycles. The lowest BCUT2D eigenvalue weighted by molar-refractivity contribution is 0.0519. The van der Waals surface area contributed by atoms with Gasteiger partial charge in [0.05, 0.1) is 6.61 Å². The highest BCUT2D eigenvalue weighted by atomic mass is 16.5. The number of carbonyl (C=O) groups excluding carboxylic acids is 1. The number of rotatable bonds is 5. The van der Waals surface area contributed by atoms with Crippen LogP contribution in [-0.4, -0.2) is 27.2 Å². The maximum Gasteiger partial charge on any atom is 0.358 e. The van der Waals surface area contributed by atoms with Gasteiger partial charge in [-0.2, -0.15) is 5.10 Å². The van der Waals surface area contributed by atoms with Crippen LogP contribution >= 0.6 is 0 Å². The Kier molecular flexibility index (Phi) is 4.94. The molecule has 124 valence electrons. The summed E-state index contributed by atoms with van der Waals surface area (Å²) in [5, 5.41) is 4.37. The van der Waals surface area contributed by atoms with E-state index in [1.807, 2.05) is 0 Å². The zero-order chi connectivity index (χ0) is 16.2. The van der Waals surface area contributed by atoms with Crippen LogP contribution in [0.15, 0.2) is 12.1 Å². The predicted octanol–water partition coefficient (Wildman–Crippen LogP) is 3.59. The number of ether oxygens (including phenoxy) is 1. The van der Waals surface area contributed by atoms with Gasteiger partial charge in [-0.3, -0.25) is 0 Å². The third-order valence-electron chi connectivity index (χ3n) is 4.62. The first-order chi connectivity index (χ1) is 11.2. The van der Waals surface area contributed by atoms with Gasteiger partial charge < -0.3 is 4.74 Å². The molecule has 3 rings (SSSR count). The first-order valence-electron chi connectivity index (χ1n) is 8.77. The number of carbonyl (C=O) groups is 1. The minimum Gasteiger partial charge on any atom is -0.461 e. The lowest BCUT2D eigenvalue weighted by Crippen LogP contribution is -2.12. The average Bonchev–Trinajstić information content (AvgIpc) is 2.99. The molecule has 2 heterocycles. The normalized spacial score (nSPS) is 15.9. The SMILES string of the molecule is CCOC(=O)c1cc2nc(CC3CCCCC3)cc(CC)n2n1. The first-order valence-corrected chi connectivity index (χ1v) is 8.77. The van der Waals surface area contributed by atoms with Crippen molar-refractivity contribution in [1.29, 1.82) is 0 Å². The molecule has 23 heavy (non-hydrogen) atoms. The summed E-state index contributed by atoms with van der Waals surface area (Å²) in [5.74, 6) is 0.365. The zero-order valence-corrected chi connectivity index (χ0v) is 14.0. The van der Waals surface area contributed by atoms with Crippen LogP contribution in [0.3, 0.4) is 0 Å². The van der Waals surface area contributed by atoms with Crippen LogP contribution in [0, 0.1) is 5.92 Å². The molecule has 0 radical (unpaired) electrons. The first kappa shape index (κ1) is 16.0. The minimum atomic E-state index is -0.381. The molecule has 0 N–H and O–H groups in total. The Bertz CT molecular complexity index is 687. The number of hydrogen-bond donors (Lipinski definition) is 0. The van der Waals surface area contributed by atoms with Crippen molar-refractivity contribution in [3.63, 3.8) is 0 Å². The van der Waals surface area contributed by atoms with Crippen molar-refractivity contribution in [2.45, 2.75) is 58.8 Å². The minimum absolute atomic E-state index is 0.337. The van der Waals surface area contributed by atoms with Crippen molar-refractivity contribution in [3.8, 4) is 0 Å². The van der Waals surface area contributed by atoms with Gasteiger partial charge in [-0.05, 0) is 31.7 Å². The van der Waals surface area contributed by atoms with Gasteiger partial charge in [0.2, 0.25) is 0 Å². The standard InChI is InChI=1S/C18H25N3O2/c1-3-15-11-14(10-13-8-6-5-7-9-13)19-17-12-16(20-21(15)17)18(22)23-4-2/h11-13H,3-10H2,1-2H3. The highest BCUT2D eigenvalue weighted by Gasteiger charge is 2.18. The Balaban J connectivity index is 1.89. The van der Waals surface area contributed by atoms with Gasteiger partial charge in [0, 0.05) is 17.5 Å². The molecule has 1 aliphatic rings. The summed E-state index contributed by atoms with van der Waals surface area (Å²) in [6.07, 6.45) is 8.56. The molecule has 1 fully saturated rings. The molecule has 0 unspecified atom stereocenters. The molecular formula is C18H25N3O2. The Morgan fingerprint density at radius 1 is 1.26 bits per heavy atom. The van der Waals surface area contributed by atoms with E-state index >= 15 is 0 Å². The maximum absolute atomic E-state index is 11.9. The summed E-state index contributed by atoms with van der Waals surface area (Å²) >= 11 is 0. The highest BCUT2D eigenvalue weighted by Crippen LogP contribution is 2.27. The molecule has 0 atom stereocenters. The molecule has 5 nitrogen and oxygen atoms in total. The molecule has 2 aromatic rings. The van der Waals surface area contributed by atoms with Crippen molar-refractivity contribution in [2.75, 3.05) is 6.61 Å². The van der Waals surface area contributed by atoms with Crippen molar-refractivity contribution in [1.82, 2.24) is 14.6 Å². The lowest BCUT2D eigenvalue weighted by atomic mass is 9.86. The number of esters is 1. The lowest BCUT2D eigenvalue weighted by Gasteiger charge is -2.21. The number of nitrogens with zero attached hydrogens (tertiary/aromatic N) is 3. The van der Waals surface area contributed by atoms with Crippen molar-refractivity contribution < 1.29 is 9.53 Å². The molecular weight excluding hydrogens is 290 g/mol. The summed E-state index contributed by atoms with van der Waals surface area (Å²) in [6.45, 7) is 4.25. The van der Waals surface area contributed by atoms with Gasteiger partial charge in [0.25, 0.3) is 0 Å². The second kappa shape index (κ2) is 7.11. The molecule has 0 spiro atoms. The van der Waals surface area contributed by atoms with E-state index in [0.717, 1.165) is 35.8 Å². The third kappa shape index (κ3) is 3.54. The Labute approximate surface area is 137 Å². The Hall–Kier alpha value is -1.91. The van der Waals surface area contributed by atoms with Crippen LogP contribution in [0.4, 0.5) is 0 Å². The van der Waals surface area contributed by atoms with Gasteiger partial charge in [0.15, 0.2) is 11.3 Å². The molecule has 2 aromatic heterocycles. The third-order valence-corrected chi connectivity index (χ3v) is 4.62. The molecule has 0 saturated heterocycles. The highest BCUT2D eigenvalue weighted by molar-refractivity contribution is 5.88. The fraction of sp³-hybridized carbons (Fsp3) is 0.611. The summed E-state index contributed by atoms with van der Waals surface area (Å²) in [4.78, 5) is 16.6. The quantitative estimate of drug-likeness (QED) is 0.791. The molecule has 0 bridgehead atoms. The van der Waals surface area contributed by atoms with Gasteiger partial charge in [-0.25, -0.2) is 14.3 Å². The number of hydrogen-bond acceptors (Lipinski definition) is 4. The smallest absolute Gasteiger partial charge is 0.358 e. The molecule has 0 amide bonds. The summed E-state index contributed by atoms with van der Waals surface area (Å²) < 4.78 is 6.81. The second-order valence-corrected chi connectivity index (χ2v) is 6.32. The van der Waals surface area contributed by atoms with E-state index in [1.54, 1.807) is 17.5 Å². The van der Waals surface area contributed by atoms with Crippen LogP contribution in [-0.2, 0) is 17.6 Å². The maximum atomic E-state index is 11.9. The molecule has 0 aliphatic heterocycles. The fourth-order valence-corrected chi connectivity index (χ4v) is 3.44. The topological polar surface area (TPSA) is 56.5 Å². The summed E-state index contributed by atoms with van der Waals surface area (Å²) in [7, 11) is 0. The largest absolute Gasteiger partial charge is 0.461 e. The zero-order valence-electron chi connectivity index (χ0n) is 14.0. The number of aryl methyl sites for hydroxylation is 1. The van der Waals surface area contributed by atoms with Gasteiger partial charge >= 0.3 is 5.97 Å².